The Morgan fingerprint density at radius 1 is 1.00 bits per heavy atom. The molecular formula is C29H28N4O3. The summed E-state index contributed by atoms with van der Waals surface area (Å²) >= 11 is 0. The van der Waals surface area contributed by atoms with Crippen LogP contribution >= 0.6 is 0 Å². The maximum atomic E-state index is 13.8. The minimum Gasteiger partial charge on any atom is -0.496 e. The van der Waals surface area contributed by atoms with E-state index < -0.39 is 5.54 Å². The number of rotatable bonds is 7. The van der Waals surface area contributed by atoms with Crippen molar-refractivity contribution < 1.29 is 14.3 Å². The van der Waals surface area contributed by atoms with Gasteiger partial charge in [0.15, 0.2) is 0 Å². The number of nitrogens with zero attached hydrogens (tertiary/aromatic N) is 3. The van der Waals surface area contributed by atoms with Crippen LogP contribution in [0, 0.1) is 0 Å². The Bertz CT molecular complexity index is 1380. The molecule has 3 aromatic carbocycles. The molecule has 0 bridgehead atoms. The van der Waals surface area contributed by atoms with Crippen LogP contribution in [0.5, 0.6) is 5.75 Å². The fourth-order valence-corrected chi connectivity index (χ4v) is 4.62. The molecule has 0 aliphatic carbocycles. The third-order valence-corrected chi connectivity index (χ3v) is 6.67. The molecule has 4 aromatic rings. The fourth-order valence-electron chi connectivity index (χ4n) is 4.62. The second-order valence-electron chi connectivity index (χ2n) is 9.08. The summed E-state index contributed by atoms with van der Waals surface area (Å²) in [5.41, 5.74) is 2.76. The third kappa shape index (κ3) is 4.35. The largest absolute Gasteiger partial charge is 0.496 e. The maximum absolute atomic E-state index is 13.8. The van der Waals surface area contributed by atoms with Crippen molar-refractivity contribution in [3.05, 3.63) is 108 Å². The van der Waals surface area contributed by atoms with Gasteiger partial charge < -0.3 is 15.0 Å². The summed E-state index contributed by atoms with van der Waals surface area (Å²) in [5.74, 6) is 0.223. The first kappa shape index (κ1) is 23.4. The van der Waals surface area contributed by atoms with E-state index in [1.54, 1.807) is 23.6 Å². The number of aromatic nitrogens is 2. The van der Waals surface area contributed by atoms with Crippen molar-refractivity contribution in [3.8, 4) is 17.0 Å². The van der Waals surface area contributed by atoms with Gasteiger partial charge in [0.05, 0.1) is 19.3 Å². The van der Waals surface area contributed by atoms with Crippen molar-refractivity contribution >= 4 is 11.8 Å². The van der Waals surface area contributed by atoms with Gasteiger partial charge in [-0.2, -0.15) is 5.10 Å². The number of fused-ring (bicyclic) bond motifs is 1. The molecule has 1 aliphatic rings. The zero-order valence-corrected chi connectivity index (χ0v) is 20.3. The lowest BCUT2D eigenvalue weighted by atomic mass is 9.94. The average Bonchev–Trinajstić information content (AvgIpc) is 3.35. The van der Waals surface area contributed by atoms with Gasteiger partial charge >= 0.3 is 0 Å². The number of benzene rings is 3. The van der Waals surface area contributed by atoms with Gasteiger partial charge in [0, 0.05) is 24.2 Å². The van der Waals surface area contributed by atoms with Crippen LogP contribution in [-0.2, 0) is 24.4 Å². The van der Waals surface area contributed by atoms with Gasteiger partial charge in [-0.1, -0.05) is 78.9 Å². The van der Waals surface area contributed by atoms with E-state index in [2.05, 4.69) is 5.32 Å². The lowest BCUT2D eigenvalue weighted by Gasteiger charge is -2.43. The Labute approximate surface area is 210 Å². The Kier molecular flexibility index (Phi) is 6.29. The number of hydrogen-bond donors (Lipinski definition) is 1. The van der Waals surface area contributed by atoms with Crippen LogP contribution < -0.4 is 10.1 Å². The molecule has 0 radical (unpaired) electrons. The lowest BCUT2D eigenvalue weighted by molar-refractivity contribution is -0.133. The van der Waals surface area contributed by atoms with Crippen molar-refractivity contribution in [1.29, 1.82) is 0 Å². The minimum absolute atomic E-state index is 0.227. The van der Waals surface area contributed by atoms with Gasteiger partial charge in [0.25, 0.3) is 5.91 Å². The zero-order chi connectivity index (χ0) is 25.1. The molecular weight excluding hydrogens is 452 g/mol. The summed E-state index contributed by atoms with van der Waals surface area (Å²) in [5, 5.41) is 7.74. The number of hydrogen-bond acceptors (Lipinski definition) is 4. The molecule has 0 unspecified atom stereocenters. The van der Waals surface area contributed by atoms with E-state index in [-0.39, 0.29) is 24.9 Å². The van der Waals surface area contributed by atoms with Crippen molar-refractivity contribution in [2.45, 2.75) is 32.1 Å². The van der Waals surface area contributed by atoms with E-state index in [1.165, 1.54) is 0 Å². The first-order valence-corrected chi connectivity index (χ1v) is 11.9. The molecule has 36 heavy (non-hydrogen) atoms. The Balaban J connectivity index is 1.49. The van der Waals surface area contributed by atoms with Crippen molar-refractivity contribution in [2.24, 2.45) is 0 Å². The molecule has 5 rings (SSSR count). The van der Waals surface area contributed by atoms with E-state index >= 15 is 0 Å². The Morgan fingerprint density at radius 2 is 1.67 bits per heavy atom. The van der Waals surface area contributed by atoms with Gasteiger partial charge in [-0.3, -0.25) is 14.3 Å². The average molecular weight is 481 g/mol. The third-order valence-electron chi connectivity index (χ3n) is 6.67. The second-order valence-corrected chi connectivity index (χ2v) is 9.08. The van der Waals surface area contributed by atoms with Crippen LogP contribution in [0.3, 0.4) is 0 Å². The maximum Gasteiger partial charge on any atom is 0.273 e. The Morgan fingerprint density at radius 3 is 2.39 bits per heavy atom. The highest BCUT2D eigenvalue weighted by molar-refractivity contribution is 6.00. The predicted molar refractivity (Wildman–Crippen MR) is 137 cm³/mol. The van der Waals surface area contributed by atoms with Gasteiger partial charge in [0.1, 0.15) is 17.0 Å². The topological polar surface area (TPSA) is 76.5 Å². The number of amides is 2. The van der Waals surface area contributed by atoms with E-state index in [0.29, 0.717) is 23.7 Å². The highest BCUT2D eigenvalue weighted by atomic mass is 16.5. The summed E-state index contributed by atoms with van der Waals surface area (Å²) in [4.78, 5) is 29.2. The molecule has 0 fully saturated rings. The number of carbonyl (C=O) groups excluding carboxylic acids is 2. The molecule has 182 valence electrons. The van der Waals surface area contributed by atoms with Gasteiger partial charge in [-0.05, 0) is 24.6 Å². The lowest BCUT2D eigenvalue weighted by Crippen LogP contribution is -2.63. The first-order valence-electron chi connectivity index (χ1n) is 11.9. The van der Waals surface area contributed by atoms with Gasteiger partial charge in [0.2, 0.25) is 5.91 Å². The highest BCUT2D eigenvalue weighted by Crippen LogP contribution is 2.31. The van der Waals surface area contributed by atoms with E-state index in [1.807, 2.05) is 91.0 Å². The van der Waals surface area contributed by atoms with Crippen LogP contribution in [0.2, 0.25) is 0 Å². The second kappa shape index (κ2) is 9.70. The molecule has 1 aromatic heterocycles. The van der Waals surface area contributed by atoms with Crippen LogP contribution in [0.25, 0.3) is 11.3 Å². The van der Waals surface area contributed by atoms with Crippen LogP contribution in [0.4, 0.5) is 0 Å². The van der Waals surface area contributed by atoms with Gasteiger partial charge in [-0.25, -0.2) is 0 Å². The molecule has 1 atom stereocenters. The molecule has 0 saturated heterocycles. The quantitative estimate of drug-likeness (QED) is 0.428. The molecule has 2 heterocycles. The summed E-state index contributed by atoms with van der Waals surface area (Å²) in [6.45, 7) is 2.64. The molecule has 7 heteroatoms. The smallest absolute Gasteiger partial charge is 0.273 e. The summed E-state index contributed by atoms with van der Waals surface area (Å²) in [6.07, 6.45) is 0. The standard InChI is InChI=1S/C29H28N4O3/c1-29(28(35)30-18-23-15-9-10-16-26(23)36-2)20-33-25(17-24(31-33)22-13-7-4-8-14-22)27(34)32(29)19-21-11-5-3-6-12-21/h3-17H,18-20H2,1-2H3,(H,30,35)/t29-/m0/s1. The molecule has 1 aliphatic heterocycles. The van der Waals surface area contributed by atoms with Crippen molar-refractivity contribution in [3.63, 3.8) is 0 Å². The molecule has 0 saturated carbocycles. The van der Waals surface area contributed by atoms with Crippen molar-refractivity contribution in [2.75, 3.05) is 7.11 Å². The monoisotopic (exact) mass is 480 g/mol. The number of ether oxygens (including phenoxy) is 1. The summed E-state index contributed by atoms with van der Waals surface area (Å²) in [7, 11) is 1.60. The van der Waals surface area contributed by atoms with E-state index in [9.17, 15) is 9.59 Å². The Hall–Kier alpha value is -4.39. The minimum atomic E-state index is -1.15. The molecule has 2 amide bonds. The number of carbonyl (C=O) groups is 2. The van der Waals surface area contributed by atoms with Crippen LogP contribution in [0.1, 0.15) is 28.5 Å². The normalized spacial score (nSPS) is 16.9. The molecule has 7 nitrogen and oxygen atoms in total. The fraction of sp³-hybridized carbons (Fsp3) is 0.207. The van der Waals surface area contributed by atoms with Gasteiger partial charge in [-0.15, -0.1) is 0 Å². The van der Waals surface area contributed by atoms with Crippen LogP contribution in [-0.4, -0.2) is 39.1 Å². The first-order chi connectivity index (χ1) is 17.5. The zero-order valence-electron chi connectivity index (χ0n) is 20.3. The van der Waals surface area contributed by atoms with Crippen LogP contribution in [0.15, 0.2) is 91.0 Å². The van der Waals surface area contributed by atoms with E-state index in [4.69, 9.17) is 9.84 Å². The van der Waals surface area contributed by atoms with E-state index in [0.717, 1.165) is 16.7 Å². The SMILES string of the molecule is COc1ccccc1CNC(=O)[C@]1(C)Cn2nc(-c3ccccc3)cc2C(=O)N1Cc1ccccc1. The predicted octanol–water partition coefficient (Wildman–Crippen LogP) is 4.29. The summed E-state index contributed by atoms with van der Waals surface area (Å²) < 4.78 is 7.09. The summed E-state index contributed by atoms with van der Waals surface area (Å²) in [6, 6.07) is 28.8. The number of para-hydroxylation sites is 1. The number of nitrogens with one attached hydrogen (secondary N) is 1. The number of methoxy groups -OCH3 is 1. The van der Waals surface area contributed by atoms with Crippen molar-refractivity contribution in [1.82, 2.24) is 20.0 Å². The molecule has 0 spiro atoms. The highest BCUT2D eigenvalue weighted by Gasteiger charge is 2.48. The molecule has 1 N–H and O–H groups in total.